The molecule has 0 unspecified atom stereocenters. The highest BCUT2D eigenvalue weighted by molar-refractivity contribution is 6.04. The topological polar surface area (TPSA) is 104 Å². The fourth-order valence-electron chi connectivity index (χ4n) is 2.00. The molecule has 3 aromatic heterocycles. The van der Waals surface area contributed by atoms with Gasteiger partial charge in [0.05, 0.1) is 11.4 Å². The minimum Gasteiger partial charge on any atom is -0.397 e. The zero-order valence-electron chi connectivity index (χ0n) is 11.3. The van der Waals surface area contributed by atoms with Crippen LogP contribution in [0.5, 0.6) is 0 Å². The van der Waals surface area contributed by atoms with E-state index in [1.807, 2.05) is 0 Å². The Morgan fingerprint density at radius 1 is 1.43 bits per heavy atom. The quantitative estimate of drug-likeness (QED) is 0.741. The summed E-state index contributed by atoms with van der Waals surface area (Å²) >= 11 is 0. The largest absolute Gasteiger partial charge is 0.397 e. The van der Waals surface area contributed by atoms with Crippen molar-refractivity contribution in [2.45, 2.75) is 0 Å². The van der Waals surface area contributed by atoms with Crippen LogP contribution in [0.15, 0.2) is 43.2 Å². The molecule has 8 nitrogen and oxygen atoms in total. The van der Waals surface area contributed by atoms with Crippen molar-refractivity contribution in [2.75, 3.05) is 11.1 Å². The summed E-state index contributed by atoms with van der Waals surface area (Å²) in [5.74, 6) is 0.217. The number of nitrogens with two attached hydrogens (primary N) is 1. The average Bonchev–Trinajstić information content (AvgIpc) is 3.09. The zero-order chi connectivity index (χ0) is 14.8. The molecule has 0 saturated heterocycles. The van der Waals surface area contributed by atoms with Gasteiger partial charge in [-0.15, -0.1) is 0 Å². The molecule has 0 aliphatic carbocycles. The first kappa shape index (κ1) is 12.9. The van der Waals surface area contributed by atoms with Crippen molar-refractivity contribution in [1.82, 2.24) is 24.3 Å². The number of nitrogens with zero attached hydrogens (tertiary/aromatic N) is 5. The Kier molecular flexibility index (Phi) is 3.11. The summed E-state index contributed by atoms with van der Waals surface area (Å²) in [6.07, 6.45) is 6.21. The molecule has 1 amide bonds. The zero-order valence-corrected chi connectivity index (χ0v) is 11.3. The van der Waals surface area contributed by atoms with Gasteiger partial charge in [-0.05, 0) is 18.2 Å². The van der Waals surface area contributed by atoms with Crippen molar-refractivity contribution in [3.8, 4) is 5.82 Å². The van der Waals surface area contributed by atoms with Crippen molar-refractivity contribution in [1.29, 1.82) is 0 Å². The van der Waals surface area contributed by atoms with Crippen molar-refractivity contribution in [3.05, 3.63) is 48.9 Å². The van der Waals surface area contributed by atoms with Gasteiger partial charge in [0.1, 0.15) is 18.3 Å². The molecule has 8 heteroatoms. The van der Waals surface area contributed by atoms with Crippen molar-refractivity contribution >= 4 is 17.3 Å². The van der Waals surface area contributed by atoms with Crippen LogP contribution in [0.25, 0.3) is 5.82 Å². The third-order valence-corrected chi connectivity index (χ3v) is 2.93. The van der Waals surface area contributed by atoms with Crippen molar-refractivity contribution < 1.29 is 4.79 Å². The van der Waals surface area contributed by atoms with E-state index in [2.05, 4.69) is 20.4 Å². The van der Waals surface area contributed by atoms with E-state index in [1.54, 1.807) is 42.2 Å². The molecule has 0 radical (unpaired) electrons. The Labute approximate surface area is 120 Å². The fourth-order valence-corrected chi connectivity index (χ4v) is 2.00. The van der Waals surface area contributed by atoms with Gasteiger partial charge in [0.2, 0.25) is 0 Å². The van der Waals surface area contributed by atoms with Gasteiger partial charge in [-0.2, -0.15) is 5.10 Å². The molecule has 21 heavy (non-hydrogen) atoms. The molecule has 0 aliphatic rings. The van der Waals surface area contributed by atoms with Gasteiger partial charge in [-0.3, -0.25) is 4.79 Å². The van der Waals surface area contributed by atoms with E-state index in [0.29, 0.717) is 22.9 Å². The van der Waals surface area contributed by atoms with E-state index < -0.39 is 0 Å². The molecule has 0 atom stereocenters. The molecule has 0 aliphatic heterocycles. The predicted molar refractivity (Wildman–Crippen MR) is 76.9 cm³/mol. The number of carbonyl (C=O) groups excluding carboxylic acids is 1. The lowest BCUT2D eigenvalue weighted by Crippen LogP contribution is -2.17. The maximum absolute atomic E-state index is 12.3. The van der Waals surface area contributed by atoms with Gasteiger partial charge in [0, 0.05) is 19.4 Å². The van der Waals surface area contributed by atoms with E-state index in [4.69, 9.17) is 5.73 Å². The highest BCUT2D eigenvalue weighted by Gasteiger charge is 2.14. The second-order valence-corrected chi connectivity index (χ2v) is 4.44. The highest BCUT2D eigenvalue weighted by Crippen LogP contribution is 2.18. The summed E-state index contributed by atoms with van der Waals surface area (Å²) < 4.78 is 3.14. The van der Waals surface area contributed by atoms with Crippen LogP contribution in [0.1, 0.15) is 10.5 Å². The van der Waals surface area contributed by atoms with Gasteiger partial charge >= 0.3 is 0 Å². The number of rotatable bonds is 3. The standard InChI is InChI=1S/C13H13N7O/c1-19-6-9(14)5-11(19)13(21)18-10-3-2-4-16-12(10)20-8-15-7-17-20/h2-8H,14H2,1H3,(H,18,21). The maximum Gasteiger partial charge on any atom is 0.272 e. The first-order chi connectivity index (χ1) is 10.1. The predicted octanol–water partition coefficient (Wildman–Crippen LogP) is 0.835. The summed E-state index contributed by atoms with van der Waals surface area (Å²) in [4.78, 5) is 20.4. The number of hydrogen-bond donors (Lipinski definition) is 2. The Morgan fingerprint density at radius 3 is 2.95 bits per heavy atom. The van der Waals surface area contributed by atoms with Crippen LogP contribution in [-0.4, -0.2) is 30.2 Å². The smallest absolute Gasteiger partial charge is 0.272 e. The number of pyridine rings is 1. The number of nitrogen functional groups attached to an aromatic ring is 1. The van der Waals surface area contributed by atoms with Crippen molar-refractivity contribution in [2.24, 2.45) is 7.05 Å². The molecule has 0 fully saturated rings. The van der Waals surface area contributed by atoms with Crippen LogP contribution in [0.4, 0.5) is 11.4 Å². The number of hydrogen-bond acceptors (Lipinski definition) is 5. The molecule has 0 saturated carbocycles. The Bertz CT molecular complexity index is 776. The van der Waals surface area contributed by atoms with Crippen LogP contribution < -0.4 is 11.1 Å². The number of nitrogens with one attached hydrogen (secondary N) is 1. The molecule has 0 aromatic carbocycles. The third-order valence-electron chi connectivity index (χ3n) is 2.93. The Morgan fingerprint density at radius 2 is 2.29 bits per heavy atom. The Hall–Kier alpha value is -3.16. The summed E-state index contributed by atoms with van der Waals surface area (Å²) in [6, 6.07) is 5.09. The van der Waals surface area contributed by atoms with Crippen molar-refractivity contribution in [3.63, 3.8) is 0 Å². The second kappa shape index (κ2) is 5.08. The number of amides is 1. The van der Waals surface area contributed by atoms with Gasteiger partial charge < -0.3 is 15.6 Å². The van der Waals surface area contributed by atoms with E-state index in [-0.39, 0.29) is 5.91 Å². The van der Waals surface area contributed by atoms with Crippen LogP contribution in [0, 0.1) is 0 Å². The summed E-state index contributed by atoms with van der Waals surface area (Å²) in [5, 5.41) is 6.82. The molecule has 3 heterocycles. The summed E-state index contributed by atoms with van der Waals surface area (Å²) in [5.41, 5.74) is 7.21. The second-order valence-electron chi connectivity index (χ2n) is 4.44. The first-order valence-corrected chi connectivity index (χ1v) is 6.18. The lowest BCUT2D eigenvalue weighted by molar-refractivity contribution is 0.101. The monoisotopic (exact) mass is 283 g/mol. The number of aryl methyl sites for hydroxylation is 1. The normalized spacial score (nSPS) is 10.5. The number of carbonyl (C=O) groups is 1. The minimum atomic E-state index is -0.274. The van der Waals surface area contributed by atoms with Crippen LogP contribution in [-0.2, 0) is 7.05 Å². The molecule has 0 spiro atoms. The molecule has 3 aromatic rings. The van der Waals surface area contributed by atoms with Gasteiger partial charge in [0.15, 0.2) is 5.82 Å². The van der Waals surface area contributed by atoms with E-state index >= 15 is 0 Å². The molecular formula is C13H13N7O. The lowest BCUT2D eigenvalue weighted by atomic mass is 10.3. The molecule has 3 rings (SSSR count). The third kappa shape index (κ3) is 2.46. The molecule has 3 N–H and O–H groups in total. The highest BCUT2D eigenvalue weighted by atomic mass is 16.2. The summed E-state index contributed by atoms with van der Waals surface area (Å²) in [7, 11) is 1.76. The fraction of sp³-hybridized carbons (Fsp3) is 0.0769. The van der Waals surface area contributed by atoms with Crippen LogP contribution >= 0.6 is 0 Å². The number of aromatic nitrogens is 5. The SMILES string of the molecule is Cn1cc(N)cc1C(=O)Nc1cccnc1-n1cncn1. The lowest BCUT2D eigenvalue weighted by Gasteiger charge is -2.09. The van der Waals surface area contributed by atoms with Crippen LogP contribution in [0.2, 0.25) is 0 Å². The average molecular weight is 283 g/mol. The molecule has 106 valence electrons. The molecular weight excluding hydrogens is 270 g/mol. The van der Waals surface area contributed by atoms with E-state index in [9.17, 15) is 4.79 Å². The van der Waals surface area contributed by atoms with Gasteiger partial charge in [-0.25, -0.2) is 14.6 Å². The Balaban J connectivity index is 1.92. The number of anilines is 2. The maximum atomic E-state index is 12.3. The minimum absolute atomic E-state index is 0.274. The van der Waals surface area contributed by atoms with E-state index in [0.717, 1.165) is 0 Å². The van der Waals surface area contributed by atoms with Crippen LogP contribution in [0.3, 0.4) is 0 Å². The molecule has 0 bridgehead atoms. The van der Waals surface area contributed by atoms with Gasteiger partial charge in [-0.1, -0.05) is 0 Å². The summed E-state index contributed by atoms with van der Waals surface area (Å²) in [6.45, 7) is 0. The van der Waals surface area contributed by atoms with Gasteiger partial charge in [0.25, 0.3) is 5.91 Å². The van der Waals surface area contributed by atoms with E-state index in [1.165, 1.54) is 17.3 Å². The first-order valence-electron chi connectivity index (χ1n) is 6.18.